The molecule has 1 amide bonds. The van der Waals surface area contributed by atoms with E-state index in [1.807, 2.05) is 6.92 Å². The Balaban J connectivity index is 2.07. The van der Waals surface area contributed by atoms with Gasteiger partial charge in [-0.05, 0) is 6.92 Å². The summed E-state index contributed by atoms with van der Waals surface area (Å²) in [5.41, 5.74) is 6.33. The Morgan fingerprint density at radius 3 is 3.12 bits per heavy atom. The summed E-state index contributed by atoms with van der Waals surface area (Å²) in [5, 5.41) is 8.52. The number of carbonyl (C=O) groups is 1. The highest BCUT2D eigenvalue weighted by molar-refractivity contribution is 6.09. The highest BCUT2D eigenvalue weighted by Gasteiger charge is 2.32. The number of nitrogens with two attached hydrogens (primary N) is 1. The van der Waals surface area contributed by atoms with Crippen molar-refractivity contribution in [1.29, 1.82) is 0 Å². The number of nitrogens with one attached hydrogen (secondary N) is 3. The second kappa shape index (κ2) is 4.50. The largest absolute Gasteiger partial charge is 0.375 e. The summed E-state index contributed by atoms with van der Waals surface area (Å²) in [6.07, 6.45) is 1.06. The van der Waals surface area contributed by atoms with Gasteiger partial charge >= 0.3 is 0 Å². The van der Waals surface area contributed by atoms with E-state index >= 15 is 0 Å². The van der Waals surface area contributed by atoms with E-state index in [9.17, 15) is 4.79 Å². The molecule has 16 heavy (non-hydrogen) atoms. The van der Waals surface area contributed by atoms with Gasteiger partial charge in [-0.1, -0.05) is 0 Å². The van der Waals surface area contributed by atoms with Crippen LogP contribution in [-0.2, 0) is 9.53 Å². The number of carbonyl (C=O) groups excluding carboxylic acids is 1. The Morgan fingerprint density at radius 2 is 2.38 bits per heavy atom. The SMILES string of the molecule is CCOCC1=CNC2=NC(N)NC(=O)C2N1. The molecular weight excluding hydrogens is 210 g/mol. The van der Waals surface area contributed by atoms with E-state index in [1.165, 1.54) is 0 Å². The third-order valence-electron chi connectivity index (χ3n) is 2.29. The van der Waals surface area contributed by atoms with Crippen LogP contribution < -0.4 is 21.7 Å². The third kappa shape index (κ3) is 2.15. The third-order valence-corrected chi connectivity index (χ3v) is 2.29. The molecule has 0 bridgehead atoms. The maximum atomic E-state index is 11.6. The molecule has 2 aliphatic heterocycles. The average Bonchev–Trinajstić information content (AvgIpc) is 2.26. The summed E-state index contributed by atoms with van der Waals surface area (Å²) in [5.74, 6) is 0.351. The molecule has 0 saturated carbocycles. The molecule has 88 valence electrons. The molecule has 0 saturated heterocycles. The Bertz CT molecular complexity index is 352. The first-order valence-electron chi connectivity index (χ1n) is 5.14. The number of nitrogens with zero attached hydrogens (tertiary/aromatic N) is 1. The molecule has 2 rings (SSSR count). The summed E-state index contributed by atoms with van der Waals surface area (Å²) in [4.78, 5) is 15.7. The zero-order valence-corrected chi connectivity index (χ0v) is 8.99. The van der Waals surface area contributed by atoms with E-state index in [1.54, 1.807) is 6.20 Å². The fraction of sp³-hybridized carbons (Fsp3) is 0.556. The predicted octanol–water partition coefficient (Wildman–Crippen LogP) is -1.80. The van der Waals surface area contributed by atoms with Crippen LogP contribution in [0.15, 0.2) is 16.9 Å². The van der Waals surface area contributed by atoms with Crippen molar-refractivity contribution in [2.24, 2.45) is 10.7 Å². The molecule has 0 aromatic rings. The van der Waals surface area contributed by atoms with Crippen LogP contribution in [0.4, 0.5) is 0 Å². The van der Waals surface area contributed by atoms with Gasteiger partial charge in [0.2, 0.25) is 0 Å². The van der Waals surface area contributed by atoms with E-state index in [0.29, 0.717) is 19.0 Å². The molecule has 0 aromatic carbocycles. The van der Waals surface area contributed by atoms with Crippen molar-refractivity contribution in [3.8, 4) is 0 Å². The minimum atomic E-state index is -0.671. The number of fused-ring (bicyclic) bond motifs is 1. The van der Waals surface area contributed by atoms with Crippen LogP contribution in [0.3, 0.4) is 0 Å². The Kier molecular flexibility index (Phi) is 3.07. The van der Waals surface area contributed by atoms with Crippen LogP contribution >= 0.6 is 0 Å². The summed E-state index contributed by atoms with van der Waals surface area (Å²) >= 11 is 0. The van der Waals surface area contributed by atoms with Crippen LogP contribution in [0.1, 0.15) is 6.92 Å². The van der Waals surface area contributed by atoms with Gasteiger partial charge in [0.25, 0.3) is 5.91 Å². The molecule has 0 radical (unpaired) electrons. The molecule has 7 heteroatoms. The van der Waals surface area contributed by atoms with E-state index in [2.05, 4.69) is 20.9 Å². The second-order valence-electron chi connectivity index (χ2n) is 3.50. The molecule has 0 fully saturated rings. The lowest BCUT2D eigenvalue weighted by Gasteiger charge is -2.31. The summed E-state index contributed by atoms with van der Waals surface area (Å²) in [6.45, 7) is 2.98. The van der Waals surface area contributed by atoms with Crippen LogP contribution in [0.5, 0.6) is 0 Å². The smallest absolute Gasteiger partial charge is 0.253 e. The molecule has 0 aliphatic carbocycles. The number of hydrogen-bond donors (Lipinski definition) is 4. The lowest BCUT2D eigenvalue weighted by Crippen LogP contribution is -2.62. The van der Waals surface area contributed by atoms with Crippen LogP contribution in [-0.4, -0.2) is 37.3 Å². The molecule has 0 spiro atoms. The van der Waals surface area contributed by atoms with Gasteiger partial charge in [0.15, 0.2) is 12.3 Å². The molecular formula is C9H15N5O2. The molecule has 2 heterocycles. The predicted molar refractivity (Wildman–Crippen MR) is 58.2 cm³/mol. The first-order valence-corrected chi connectivity index (χ1v) is 5.14. The van der Waals surface area contributed by atoms with E-state index < -0.39 is 12.3 Å². The van der Waals surface area contributed by atoms with Crippen LogP contribution in [0, 0.1) is 0 Å². The van der Waals surface area contributed by atoms with Crippen molar-refractivity contribution in [3.63, 3.8) is 0 Å². The molecule has 5 N–H and O–H groups in total. The van der Waals surface area contributed by atoms with Crippen molar-refractivity contribution in [1.82, 2.24) is 16.0 Å². The van der Waals surface area contributed by atoms with Gasteiger partial charge in [-0.2, -0.15) is 0 Å². The first kappa shape index (κ1) is 10.9. The van der Waals surface area contributed by atoms with Crippen molar-refractivity contribution in [2.45, 2.75) is 19.3 Å². The monoisotopic (exact) mass is 225 g/mol. The summed E-state index contributed by atoms with van der Waals surface area (Å²) in [7, 11) is 0. The minimum Gasteiger partial charge on any atom is -0.375 e. The fourth-order valence-corrected chi connectivity index (χ4v) is 1.55. The zero-order chi connectivity index (χ0) is 11.5. The maximum absolute atomic E-state index is 11.6. The highest BCUT2D eigenvalue weighted by Crippen LogP contribution is 2.05. The zero-order valence-electron chi connectivity index (χ0n) is 8.99. The number of amidine groups is 1. The van der Waals surface area contributed by atoms with E-state index in [4.69, 9.17) is 10.5 Å². The Labute approximate surface area is 93.1 Å². The molecule has 2 atom stereocenters. The van der Waals surface area contributed by atoms with Crippen molar-refractivity contribution < 1.29 is 9.53 Å². The number of ether oxygens (including phenoxy) is 1. The fourth-order valence-electron chi connectivity index (χ4n) is 1.55. The normalized spacial score (nSPS) is 28.0. The molecule has 7 nitrogen and oxygen atoms in total. The minimum absolute atomic E-state index is 0.188. The topological polar surface area (TPSA) is 101 Å². The van der Waals surface area contributed by atoms with Gasteiger partial charge in [0, 0.05) is 12.8 Å². The van der Waals surface area contributed by atoms with Gasteiger partial charge in [-0.25, -0.2) is 4.99 Å². The van der Waals surface area contributed by atoms with Crippen molar-refractivity contribution in [3.05, 3.63) is 11.9 Å². The van der Waals surface area contributed by atoms with Gasteiger partial charge in [0.1, 0.15) is 5.84 Å². The lowest BCUT2D eigenvalue weighted by molar-refractivity contribution is -0.122. The first-order chi connectivity index (χ1) is 7.70. The maximum Gasteiger partial charge on any atom is 0.253 e. The quantitative estimate of drug-likeness (QED) is 0.454. The highest BCUT2D eigenvalue weighted by atomic mass is 16.5. The van der Waals surface area contributed by atoms with Gasteiger partial charge in [-0.15, -0.1) is 0 Å². The standard InChI is InChI=1S/C9H15N5O2/c1-2-16-4-5-3-11-7-6(12-5)8(15)14-9(10)13-7/h3,6,9,12H,2,4,10H2,1H3,(H,11,13)(H,14,15). The second-order valence-corrected chi connectivity index (χ2v) is 3.50. The van der Waals surface area contributed by atoms with Crippen molar-refractivity contribution in [2.75, 3.05) is 13.2 Å². The molecule has 2 unspecified atom stereocenters. The van der Waals surface area contributed by atoms with Crippen LogP contribution in [0.2, 0.25) is 0 Å². The number of amides is 1. The molecule has 0 aromatic heterocycles. The summed E-state index contributed by atoms with van der Waals surface area (Å²) < 4.78 is 5.24. The number of aliphatic imine (C=N–C) groups is 1. The van der Waals surface area contributed by atoms with Gasteiger partial charge in [0.05, 0.1) is 12.3 Å². The molecule has 2 aliphatic rings. The van der Waals surface area contributed by atoms with Crippen LogP contribution in [0.25, 0.3) is 0 Å². The Morgan fingerprint density at radius 1 is 1.56 bits per heavy atom. The summed E-state index contributed by atoms with van der Waals surface area (Å²) in [6, 6.07) is -0.500. The lowest BCUT2D eigenvalue weighted by atomic mass is 10.1. The number of rotatable bonds is 3. The average molecular weight is 225 g/mol. The van der Waals surface area contributed by atoms with E-state index in [-0.39, 0.29) is 5.91 Å². The number of hydrogen-bond acceptors (Lipinski definition) is 6. The Hall–Kier alpha value is -1.60. The van der Waals surface area contributed by atoms with E-state index in [0.717, 1.165) is 5.70 Å². The van der Waals surface area contributed by atoms with Crippen molar-refractivity contribution >= 4 is 11.7 Å². The van der Waals surface area contributed by atoms with Gasteiger partial charge < -0.3 is 20.7 Å². The van der Waals surface area contributed by atoms with Gasteiger partial charge in [-0.3, -0.25) is 10.5 Å².